The molecule has 2 heterocycles. The van der Waals surface area contributed by atoms with Crippen LogP contribution >= 0.6 is 0 Å². The van der Waals surface area contributed by atoms with E-state index < -0.39 is 5.54 Å². The first-order chi connectivity index (χ1) is 12.6. The molecule has 0 aromatic heterocycles. The molecule has 0 aromatic rings. The summed E-state index contributed by atoms with van der Waals surface area (Å²) in [4.78, 5) is 29.8. The molecule has 0 aromatic carbocycles. The smallest absolute Gasteiger partial charge is 0.323 e. The summed E-state index contributed by atoms with van der Waals surface area (Å²) in [5, 5.41) is 3.09. The van der Waals surface area contributed by atoms with Crippen molar-refractivity contribution in [2.24, 2.45) is 0 Å². The van der Waals surface area contributed by atoms with Crippen molar-refractivity contribution >= 4 is 11.9 Å². The molecule has 2 fully saturated rings. The first-order valence-electron chi connectivity index (χ1n) is 10.6. The summed E-state index contributed by atoms with van der Waals surface area (Å²) in [5.74, 6) is -0.0274. The molecule has 2 aliphatic heterocycles. The molecule has 1 spiro atoms. The van der Waals surface area contributed by atoms with Crippen molar-refractivity contribution in [1.82, 2.24) is 15.1 Å². The van der Waals surface area contributed by atoms with Crippen LogP contribution in [0.4, 0.5) is 4.79 Å². The lowest BCUT2D eigenvalue weighted by Gasteiger charge is -2.57. The van der Waals surface area contributed by atoms with E-state index in [1.54, 1.807) is 0 Å². The molecular formula is C22H39N3O2. The third-order valence-corrected chi connectivity index (χ3v) is 6.22. The van der Waals surface area contributed by atoms with E-state index in [0.29, 0.717) is 19.4 Å². The lowest BCUT2D eigenvalue weighted by atomic mass is 9.69. The van der Waals surface area contributed by atoms with Gasteiger partial charge in [-0.15, -0.1) is 6.58 Å². The average Bonchev–Trinajstić information content (AvgIpc) is 2.76. The molecular weight excluding hydrogens is 338 g/mol. The summed E-state index contributed by atoms with van der Waals surface area (Å²) in [6.45, 7) is 16.1. The van der Waals surface area contributed by atoms with E-state index in [9.17, 15) is 9.59 Å². The van der Waals surface area contributed by atoms with E-state index >= 15 is 0 Å². The Kier molecular flexibility index (Phi) is 6.77. The zero-order valence-corrected chi connectivity index (χ0v) is 18.1. The predicted octanol–water partition coefficient (Wildman–Crippen LogP) is 4.48. The minimum absolute atomic E-state index is 0.0274. The van der Waals surface area contributed by atoms with Crippen molar-refractivity contribution in [2.75, 3.05) is 13.1 Å². The molecule has 1 N–H and O–H groups in total. The van der Waals surface area contributed by atoms with Crippen molar-refractivity contribution in [3.8, 4) is 0 Å². The highest BCUT2D eigenvalue weighted by Gasteiger charge is 2.60. The van der Waals surface area contributed by atoms with E-state index in [1.807, 2.05) is 6.08 Å². The second kappa shape index (κ2) is 8.34. The lowest BCUT2D eigenvalue weighted by Crippen LogP contribution is -2.69. The Labute approximate surface area is 165 Å². The molecule has 5 nitrogen and oxygen atoms in total. The van der Waals surface area contributed by atoms with Gasteiger partial charge in [0, 0.05) is 24.2 Å². The summed E-state index contributed by atoms with van der Waals surface area (Å²) >= 11 is 0. The molecule has 27 heavy (non-hydrogen) atoms. The monoisotopic (exact) mass is 377 g/mol. The Hall–Kier alpha value is -1.36. The van der Waals surface area contributed by atoms with Crippen LogP contribution in [0.3, 0.4) is 0 Å². The van der Waals surface area contributed by atoms with Gasteiger partial charge in [0.2, 0.25) is 0 Å². The molecule has 2 aliphatic rings. The zero-order valence-electron chi connectivity index (χ0n) is 18.1. The SMILES string of the molecule is C=CCN1C(C)(C)CC2(CC1(C)C)NC(=O)N(CCCCCCCC)C2=O. The number of imide groups is 1. The first kappa shape index (κ1) is 21.9. The van der Waals surface area contributed by atoms with Crippen LogP contribution in [-0.2, 0) is 4.79 Å². The third-order valence-electron chi connectivity index (χ3n) is 6.22. The number of carbonyl (C=O) groups is 2. The standard InChI is InChI=1S/C22H39N3O2/c1-7-9-10-11-12-13-15-24-18(26)22(23-19(24)27)16-20(3,4)25(14-8-2)21(5,6)17-22/h8H,2,7,9-17H2,1,3-6H3,(H,23,27). The van der Waals surface area contributed by atoms with Gasteiger partial charge in [-0.25, -0.2) is 4.79 Å². The number of rotatable bonds is 9. The summed E-state index contributed by atoms with van der Waals surface area (Å²) in [6, 6.07) is -0.211. The minimum atomic E-state index is -0.774. The van der Waals surface area contributed by atoms with Gasteiger partial charge in [-0.1, -0.05) is 45.1 Å². The fraction of sp³-hybridized carbons (Fsp3) is 0.818. The van der Waals surface area contributed by atoms with Crippen molar-refractivity contribution in [3.63, 3.8) is 0 Å². The summed E-state index contributed by atoms with van der Waals surface area (Å²) in [5.41, 5.74) is -1.17. The molecule has 0 aliphatic carbocycles. The maximum Gasteiger partial charge on any atom is 0.325 e. The van der Waals surface area contributed by atoms with Gasteiger partial charge in [-0.05, 0) is 47.0 Å². The number of hydrogen-bond acceptors (Lipinski definition) is 3. The molecule has 0 radical (unpaired) electrons. The number of unbranched alkanes of at least 4 members (excludes halogenated alkanes) is 5. The summed E-state index contributed by atoms with van der Waals surface area (Å²) in [6.07, 6.45) is 10.1. The van der Waals surface area contributed by atoms with Crippen LogP contribution in [0.2, 0.25) is 0 Å². The Bertz CT molecular complexity index is 550. The van der Waals surface area contributed by atoms with Crippen molar-refractivity contribution < 1.29 is 9.59 Å². The highest BCUT2D eigenvalue weighted by molar-refractivity contribution is 6.07. The highest BCUT2D eigenvalue weighted by atomic mass is 16.2. The molecule has 3 amide bonds. The Balaban J connectivity index is 2.07. The van der Waals surface area contributed by atoms with Gasteiger partial charge in [-0.2, -0.15) is 0 Å². The van der Waals surface area contributed by atoms with Crippen LogP contribution in [0.5, 0.6) is 0 Å². The Morgan fingerprint density at radius 2 is 1.56 bits per heavy atom. The van der Waals surface area contributed by atoms with Crippen LogP contribution in [0.25, 0.3) is 0 Å². The number of likely N-dealkylation sites (tertiary alicyclic amines) is 1. The average molecular weight is 378 g/mol. The zero-order chi connectivity index (χ0) is 20.3. The number of urea groups is 1. The fourth-order valence-corrected chi connectivity index (χ4v) is 5.34. The molecule has 5 heteroatoms. The highest BCUT2D eigenvalue weighted by Crippen LogP contribution is 2.45. The second-order valence-corrected chi connectivity index (χ2v) is 9.61. The fourth-order valence-electron chi connectivity index (χ4n) is 5.34. The van der Waals surface area contributed by atoms with Crippen molar-refractivity contribution in [2.45, 2.75) is 103 Å². The molecule has 2 saturated heterocycles. The first-order valence-corrected chi connectivity index (χ1v) is 10.6. The van der Waals surface area contributed by atoms with Gasteiger partial charge in [0.25, 0.3) is 5.91 Å². The van der Waals surface area contributed by atoms with Gasteiger partial charge < -0.3 is 5.32 Å². The summed E-state index contributed by atoms with van der Waals surface area (Å²) < 4.78 is 0. The van der Waals surface area contributed by atoms with Crippen LogP contribution in [-0.4, -0.2) is 51.4 Å². The van der Waals surface area contributed by atoms with Gasteiger partial charge in [0.05, 0.1) is 0 Å². The second-order valence-electron chi connectivity index (χ2n) is 9.61. The van der Waals surface area contributed by atoms with E-state index in [-0.39, 0.29) is 23.0 Å². The number of nitrogens with zero attached hydrogens (tertiary/aromatic N) is 2. The Morgan fingerprint density at radius 3 is 2.11 bits per heavy atom. The number of piperidine rings is 1. The van der Waals surface area contributed by atoms with Crippen LogP contribution in [0, 0.1) is 0 Å². The number of nitrogens with one attached hydrogen (secondary N) is 1. The number of carbonyl (C=O) groups excluding carboxylic acids is 2. The Morgan fingerprint density at radius 1 is 1.00 bits per heavy atom. The quantitative estimate of drug-likeness (QED) is 0.366. The normalized spacial score (nSPS) is 23.7. The lowest BCUT2D eigenvalue weighted by molar-refractivity contribution is -0.140. The summed E-state index contributed by atoms with van der Waals surface area (Å²) in [7, 11) is 0. The largest absolute Gasteiger partial charge is 0.325 e. The van der Waals surface area contributed by atoms with Crippen LogP contribution < -0.4 is 5.32 Å². The topological polar surface area (TPSA) is 52.7 Å². The molecule has 154 valence electrons. The minimum Gasteiger partial charge on any atom is -0.323 e. The molecule has 2 rings (SSSR count). The van der Waals surface area contributed by atoms with Gasteiger partial charge in [-0.3, -0.25) is 14.6 Å². The van der Waals surface area contributed by atoms with Gasteiger partial charge in [0.15, 0.2) is 0 Å². The van der Waals surface area contributed by atoms with E-state index in [4.69, 9.17) is 0 Å². The van der Waals surface area contributed by atoms with Crippen molar-refractivity contribution in [1.29, 1.82) is 0 Å². The van der Waals surface area contributed by atoms with Crippen LogP contribution in [0.1, 0.15) is 86.0 Å². The van der Waals surface area contributed by atoms with Gasteiger partial charge in [0.1, 0.15) is 5.54 Å². The van der Waals surface area contributed by atoms with E-state index in [1.165, 1.54) is 30.6 Å². The van der Waals surface area contributed by atoms with Gasteiger partial charge >= 0.3 is 6.03 Å². The number of amides is 3. The van der Waals surface area contributed by atoms with Crippen molar-refractivity contribution in [3.05, 3.63) is 12.7 Å². The van der Waals surface area contributed by atoms with E-state index in [2.05, 4.69) is 51.4 Å². The van der Waals surface area contributed by atoms with Crippen LogP contribution in [0.15, 0.2) is 12.7 Å². The molecule has 0 unspecified atom stereocenters. The third kappa shape index (κ3) is 4.56. The number of hydrogen-bond donors (Lipinski definition) is 1. The molecule has 0 atom stereocenters. The maximum atomic E-state index is 13.3. The molecule has 0 bridgehead atoms. The van der Waals surface area contributed by atoms with E-state index in [0.717, 1.165) is 19.4 Å². The molecule has 0 saturated carbocycles. The predicted molar refractivity (Wildman–Crippen MR) is 111 cm³/mol. The maximum absolute atomic E-state index is 13.3.